The van der Waals surface area contributed by atoms with Crippen LogP contribution in [0.1, 0.15) is 46.2 Å². The number of likely N-dealkylation sites (tertiary alicyclic amines) is 1. The summed E-state index contributed by atoms with van der Waals surface area (Å²) in [5, 5.41) is 0. The molecular formula is C17H19N3O2. The van der Waals surface area contributed by atoms with Crippen LogP contribution in [0.4, 0.5) is 0 Å². The van der Waals surface area contributed by atoms with Gasteiger partial charge in [-0.1, -0.05) is 6.07 Å². The Kier molecular flexibility index (Phi) is 3.79. The summed E-state index contributed by atoms with van der Waals surface area (Å²) in [5.41, 5.74) is 2.49. The maximum Gasteiger partial charge on any atom is 0.261 e. The number of carbonyl (C=O) groups excluding carboxylic acids is 1. The summed E-state index contributed by atoms with van der Waals surface area (Å²) in [6, 6.07) is 7.35. The van der Waals surface area contributed by atoms with Gasteiger partial charge in [0.2, 0.25) is 0 Å². The van der Waals surface area contributed by atoms with Crippen molar-refractivity contribution in [3.05, 3.63) is 63.3 Å². The number of hydrogen-bond donors (Lipinski definition) is 1. The number of carbonyl (C=O) groups is 1. The van der Waals surface area contributed by atoms with Crippen LogP contribution in [-0.2, 0) is 0 Å². The van der Waals surface area contributed by atoms with Crippen molar-refractivity contribution in [3.63, 3.8) is 0 Å². The van der Waals surface area contributed by atoms with Crippen LogP contribution in [0.5, 0.6) is 0 Å². The zero-order valence-corrected chi connectivity index (χ0v) is 12.8. The fourth-order valence-corrected chi connectivity index (χ4v) is 2.93. The summed E-state index contributed by atoms with van der Waals surface area (Å²) in [6.45, 7) is 4.38. The van der Waals surface area contributed by atoms with Gasteiger partial charge in [-0.2, -0.15) is 0 Å². The molecule has 0 unspecified atom stereocenters. The SMILES string of the molecule is Cc1cc(C(=O)N2CCC[C@H]2c2ccccn2)c(=O)[nH]c1C. The second kappa shape index (κ2) is 5.75. The highest BCUT2D eigenvalue weighted by Gasteiger charge is 2.32. The van der Waals surface area contributed by atoms with E-state index in [4.69, 9.17) is 0 Å². The normalized spacial score (nSPS) is 17.7. The van der Waals surface area contributed by atoms with E-state index in [0.717, 1.165) is 29.8 Å². The fraction of sp³-hybridized carbons (Fsp3) is 0.353. The highest BCUT2D eigenvalue weighted by atomic mass is 16.2. The minimum atomic E-state index is -0.320. The number of H-pyrrole nitrogens is 1. The van der Waals surface area contributed by atoms with Gasteiger partial charge < -0.3 is 9.88 Å². The number of rotatable bonds is 2. The third-order valence-electron chi connectivity index (χ3n) is 4.27. The zero-order valence-electron chi connectivity index (χ0n) is 12.8. The van der Waals surface area contributed by atoms with Crippen LogP contribution < -0.4 is 5.56 Å². The molecule has 0 saturated carbocycles. The van der Waals surface area contributed by atoms with Crippen molar-refractivity contribution in [1.82, 2.24) is 14.9 Å². The standard InChI is InChI=1S/C17H19N3O2/c1-11-10-13(16(21)19-12(11)2)17(22)20-9-5-7-15(20)14-6-3-4-8-18-14/h3-4,6,8,10,15H,5,7,9H2,1-2H3,(H,19,21)/t15-/m0/s1. The molecule has 1 N–H and O–H groups in total. The molecule has 5 heteroatoms. The Morgan fingerprint density at radius 1 is 1.36 bits per heavy atom. The Balaban J connectivity index is 1.95. The molecule has 3 rings (SSSR count). The van der Waals surface area contributed by atoms with Crippen molar-refractivity contribution in [1.29, 1.82) is 0 Å². The van der Waals surface area contributed by atoms with Gasteiger partial charge in [-0.15, -0.1) is 0 Å². The molecule has 2 aromatic heterocycles. The molecule has 114 valence electrons. The molecule has 3 heterocycles. The second-order valence-corrected chi connectivity index (χ2v) is 5.73. The summed E-state index contributed by atoms with van der Waals surface area (Å²) < 4.78 is 0. The van der Waals surface area contributed by atoms with Crippen LogP contribution in [0.3, 0.4) is 0 Å². The van der Waals surface area contributed by atoms with Crippen molar-refractivity contribution >= 4 is 5.91 Å². The molecule has 1 amide bonds. The van der Waals surface area contributed by atoms with Crippen LogP contribution in [0.2, 0.25) is 0 Å². The third kappa shape index (κ3) is 2.54. The Hall–Kier alpha value is -2.43. The van der Waals surface area contributed by atoms with Gasteiger partial charge in [-0.3, -0.25) is 14.6 Å². The van der Waals surface area contributed by atoms with Gasteiger partial charge in [-0.05, 0) is 50.5 Å². The monoisotopic (exact) mass is 297 g/mol. The van der Waals surface area contributed by atoms with Gasteiger partial charge in [0.1, 0.15) is 5.56 Å². The maximum atomic E-state index is 12.8. The van der Waals surface area contributed by atoms with E-state index in [2.05, 4.69) is 9.97 Å². The van der Waals surface area contributed by atoms with E-state index in [-0.39, 0.29) is 23.1 Å². The third-order valence-corrected chi connectivity index (χ3v) is 4.27. The van der Waals surface area contributed by atoms with E-state index >= 15 is 0 Å². The zero-order chi connectivity index (χ0) is 15.7. The summed E-state index contributed by atoms with van der Waals surface area (Å²) in [5.74, 6) is -0.211. The molecule has 0 bridgehead atoms. The molecule has 2 aromatic rings. The van der Waals surface area contributed by atoms with Crippen molar-refractivity contribution in [2.24, 2.45) is 0 Å². The molecule has 1 saturated heterocycles. The minimum Gasteiger partial charge on any atom is -0.330 e. The van der Waals surface area contributed by atoms with Crippen LogP contribution >= 0.6 is 0 Å². The van der Waals surface area contributed by atoms with Gasteiger partial charge >= 0.3 is 0 Å². The summed E-state index contributed by atoms with van der Waals surface area (Å²) in [4.78, 5) is 33.8. The number of aryl methyl sites for hydroxylation is 2. The van der Waals surface area contributed by atoms with Crippen molar-refractivity contribution in [2.45, 2.75) is 32.7 Å². The first-order valence-electron chi connectivity index (χ1n) is 7.50. The molecule has 1 atom stereocenters. The lowest BCUT2D eigenvalue weighted by molar-refractivity contribution is 0.0731. The van der Waals surface area contributed by atoms with Crippen LogP contribution in [-0.4, -0.2) is 27.3 Å². The first kappa shape index (κ1) is 14.5. The van der Waals surface area contributed by atoms with Crippen LogP contribution in [0, 0.1) is 13.8 Å². The lowest BCUT2D eigenvalue weighted by atomic mass is 10.1. The average molecular weight is 297 g/mol. The predicted molar refractivity (Wildman–Crippen MR) is 83.8 cm³/mol. The van der Waals surface area contributed by atoms with E-state index < -0.39 is 0 Å². The van der Waals surface area contributed by atoms with Crippen molar-refractivity contribution in [3.8, 4) is 0 Å². The van der Waals surface area contributed by atoms with Gasteiger partial charge in [0.05, 0.1) is 11.7 Å². The smallest absolute Gasteiger partial charge is 0.261 e. The number of hydrogen-bond acceptors (Lipinski definition) is 3. The molecule has 5 nitrogen and oxygen atoms in total. The summed E-state index contributed by atoms with van der Waals surface area (Å²) in [7, 11) is 0. The second-order valence-electron chi connectivity index (χ2n) is 5.73. The number of amides is 1. The van der Waals surface area contributed by atoms with Gasteiger partial charge in [-0.25, -0.2) is 0 Å². The highest BCUT2D eigenvalue weighted by molar-refractivity contribution is 5.94. The molecule has 1 aliphatic heterocycles. The predicted octanol–water partition coefficient (Wildman–Crippen LogP) is 2.36. The van der Waals surface area contributed by atoms with Crippen LogP contribution in [0.15, 0.2) is 35.3 Å². The molecule has 1 aliphatic rings. The van der Waals surface area contributed by atoms with E-state index in [1.54, 1.807) is 17.2 Å². The van der Waals surface area contributed by atoms with Crippen LogP contribution in [0.25, 0.3) is 0 Å². The summed E-state index contributed by atoms with van der Waals surface area (Å²) >= 11 is 0. The van der Waals surface area contributed by atoms with E-state index in [9.17, 15) is 9.59 Å². The Labute approximate surface area is 129 Å². The van der Waals surface area contributed by atoms with Gasteiger partial charge in [0, 0.05) is 18.4 Å². The van der Waals surface area contributed by atoms with E-state index in [1.165, 1.54) is 0 Å². The van der Waals surface area contributed by atoms with Crippen molar-refractivity contribution in [2.75, 3.05) is 6.54 Å². The summed E-state index contributed by atoms with van der Waals surface area (Å²) in [6.07, 6.45) is 3.54. The molecule has 22 heavy (non-hydrogen) atoms. The first-order chi connectivity index (χ1) is 10.6. The minimum absolute atomic E-state index is 0.0466. The maximum absolute atomic E-state index is 12.8. The number of nitrogens with zero attached hydrogens (tertiary/aromatic N) is 2. The Bertz CT molecular complexity index is 752. The lowest BCUT2D eigenvalue weighted by Gasteiger charge is -2.24. The highest BCUT2D eigenvalue weighted by Crippen LogP contribution is 2.31. The lowest BCUT2D eigenvalue weighted by Crippen LogP contribution is -2.35. The van der Waals surface area contributed by atoms with Crippen molar-refractivity contribution < 1.29 is 4.79 Å². The van der Waals surface area contributed by atoms with E-state index in [0.29, 0.717) is 6.54 Å². The molecule has 0 spiro atoms. The number of nitrogens with one attached hydrogen (secondary N) is 1. The first-order valence-corrected chi connectivity index (χ1v) is 7.50. The number of aromatic nitrogens is 2. The van der Waals surface area contributed by atoms with Gasteiger partial charge in [0.25, 0.3) is 11.5 Å². The average Bonchev–Trinajstić information content (AvgIpc) is 3.00. The van der Waals surface area contributed by atoms with Gasteiger partial charge in [0.15, 0.2) is 0 Å². The topological polar surface area (TPSA) is 66.1 Å². The number of aromatic amines is 1. The Morgan fingerprint density at radius 2 is 2.18 bits per heavy atom. The Morgan fingerprint density at radius 3 is 2.91 bits per heavy atom. The quantitative estimate of drug-likeness (QED) is 0.925. The molecule has 1 fully saturated rings. The molecule has 0 radical (unpaired) electrons. The molecule has 0 aliphatic carbocycles. The molecule has 0 aromatic carbocycles. The fourth-order valence-electron chi connectivity index (χ4n) is 2.93. The largest absolute Gasteiger partial charge is 0.330 e. The van der Waals surface area contributed by atoms with E-state index in [1.807, 2.05) is 32.0 Å². The molecular weight excluding hydrogens is 278 g/mol. The number of pyridine rings is 2.